The van der Waals surface area contributed by atoms with Gasteiger partial charge in [-0.2, -0.15) is 0 Å². The molecule has 16 heavy (non-hydrogen) atoms. The second-order valence-corrected chi connectivity index (χ2v) is 5.05. The van der Waals surface area contributed by atoms with Crippen molar-refractivity contribution in [3.8, 4) is 0 Å². The molecule has 0 spiro atoms. The Labute approximate surface area is 101 Å². The molecule has 0 radical (unpaired) electrons. The lowest BCUT2D eigenvalue weighted by molar-refractivity contribution is 0.385. The molecule has 0 aromatic carbocycles. The van der Waals surface area contributed by atoms with Crippen LogP contribution in [-0.4, -0.2) is 30.7 Å². The molecule has 1 N–H and O–H groups in total. The highest BCUT2D eigenvalue weighted by Gasteiger charge is 2.34. The quantitative estimate of drug-likeness (QED) is 0.757. The summed E-state index contributed by atoms with van der Waals surface area (Å²) in [5.74, 6) is 0.810. The fourth-order valence-electron chi connectivity index (χ4n) is 2.93. The molecular weight excluding hydrogens is 222 g/mol. The van der Waals surface area contributed by atoms with Gasteiger partial charge in [-0.1, -0.05) is 11.6 Å². The number of nitrogens with one attached hydrogen (secondary N) is 1. The number of fused-ring (bicyclic) bond motifs is 1. The second kappa shape index (κ2) is 4.22. The summed E-state index contributed by atoms with van der Waals surface area (Å²) in [6, 6.07) is 4.61. The first kappa shape index (κ1) is 10.4. The molecule has 1 aromatic heterocycles. The number of hydrogen-bond donors (Lipinski definition) is 1. The van der Waals surface area contributed by atoms with Crippen molar-refractivity contribution in [2.75, 3.05) is 24.5 Å². The number of piperidine rings is 1. The van der Waals surface area contributed by atoms with Gasteiger partial charge < -0.3 is 10.2 Å². The summed E-state index contributed by atoms with van der Waals surface area (Å²) < 4.78 is 0. The maximum Gasteiger partial charge on any atom is 0.129 e. The largest absolute Gasteiger partial charge is 0.366 e. The lowest BCUT2D eigenvalue weighted by atomic mass is 9.92. The predicted molar refractivity (Wildman–Crippen MR) is 66.0 cm³/mol. The number of halogens is 1. The fourth-order valence-corrected chi connectivity index (χ4v) is 3.04. The van der Waals surface area contributed by atoms with Gasteiger partial charge in [0, 0.05) is 25.7 Å². The minimum Gasteiger partial charge on any atom is -0.366 e. The third-order valence-corrected chi connectivity index (χ3v) is 3.95. The van der Waals surface area contributed by atoms with Crippen molar-refractivity contribution < 1.29 is 0 Å². The monoisotopic (exact) mass is 237 g/mol. The Hall–Kier alpha value is -0.800. The van der Waals surface area contributed by atoms with Gasteiger partial charge >= 0.3 is 0 Å². The molecule has 2 saturated heterocycles. The summed E-state index contributed by atoms with van der Waals surface area (Å²) in [5, 5.41) is 4.06. The number of anilines is 1. The summed E-state index contributed by atoms with van der Waals surface area (Å²) in [6.45, 7) is 3.42. The Morgan fingerprint density at radius 2 is 2.31 bits per heavy atom. The molecule has 0 saturated carbocycles. The molecule has 2 aliphatic heterocycles. The summed E-state index contributed by atoms with van der Waals surface area (Å²) in [6.07, 6.45) is 4.53. The molecule has 3 heterocycles. The maximum absolute atomic E-state index is 5.82. The molecule has 1 aromatic rings. The van der Waals surface area contributed by atoms with E-state index in [9.17, 15) is 0 Å². The number of rotatable bonds is 1. The van der Waals surface area contributed by atoms with Gasteiger partial charge in [-0.25, -0.2) is 4.98 Å². The van der Waals surface area contributed by atoms with E-state index in [4.69, 9.17) is 11.6 Å². The van der Waals surface area contributed by atoms with Crippen LogP contribution in [0.1, 0.15) is 12.8 Å². The van der Waals surface area contributed by atoms with Crippen molar-refractivity contribution in [1.29, 1.82) is 0 Å². The number of aromatic nitrogens is 1. The number of hydrogen-bond acceptors (Lipinski definition) is 3. The van der Waals surface area contributed by atoms with E-state index in [0.717, 1.165) is 19.0 Å². The second-order valence-electron chi connectivity index (χ2n) is 4.66. The third-order valence-electron chi connectivity index (χ3n) is 3.72. The van der Waals surface area contributed by atoms with Gasteiger partial charge in [0.15, 0.2) is 0 Å². The molecule has 3 rings (SSSR count). The molecule has 4 heteroatoms. The van der Waals surface area contributed by atoms with Crippen LogP contribution in [0.15, 0.2) is 18.3 Å². The SMILES string of the molecule is Clc1ccc(N2CCCC3CNCC32)cn1. The van der Waals surface area contributed by atoms with Crippen LogP contribution in [0.5, 0.6) is 0 Å². The van der Waals surface area contributed by atoms with E-state index in [1.807, 2.05) is 12.3 Å². The summed E-state index contributed by atoms with van der Waals surface area (Å²) >= 11 is 5.82. The van der Waals surface area contributed by atoms with Gasteiger partial charge in [0.1, 0.15) is 5.15 Å². The van der Waals surface area contributed by atoms with E-state index in [1.54, 1.807) is 0 Å². The first-order valence-electron chi connectivity index (χ1n) is 5.93. The van der Waals surface area contributed by atoms with Crippen molar-refractivity contribution in [2.45, 2.75) is 18.9 Å². The van der Waals surface area contributed by atoms with Crippen molar-refractivity contribution in [2.24, 2.45) is 5.92 Å². The van der Waals surface area contributed by atoms with Crippen molar-refractivity contribution >= 4 is 17.3 Å². The van der Waals surface area contributed by atoms with Crippen molar-refractivity contribution in [3.63, 3.8) is 0 Å². The molecule has 0 bridgehead atoms. The van der Waals surface area contributed by atoms with Crippen LogP contribution in [0.2, 0.25) is 5.15 Å². The van der Waals surface area contributed by atoms with E-state index in [2.05, 4.69) is 21.3 Å². The van der Waals surface area contributed by atoms with Crippen LogP contribution in [0.3, 0.4) is 0 Å². The lowest BCUT2D eigenvalue weighted by Crippen LogP contribution is -2.45. The van der Waals surface area contributed by atoms with Crippen molar-refractivity contribution in [3.05, 3.63) is 23.5 Å². The number of pyridine rings is 1. The first-order valence-corrected chi connectivity index (χ1v) is 6.31. The molecule has 2 aliphatic rings. The molecular formula is C12H16ClN3. The van der Waals surface area contributed by atoms with Crippen LogP contribution < -0.4 is 10.2 Å². The normalized spacial score (nSPS) is 29.2. The Morgan fingerprint density at radius 3 is 3.12 bits per heavy atom. The van der Waals surface area contributed by atoms with Crippen LogP contribution in [0.4, 0.5) is 5.69 Å². The predicted octanol–water partition coefficient (Wildman–Crippen LogP) is 1.92. The molecule has 2 atom stereocenters. The summed E-state index contributed by atoms with van der Waals surface area (Å²) in [5.41, 5.74) is 1.21. The Morgan fingerprint density at radius 1 is 1.38 bits per heavy atom. The lowest BCUT2D eigenvalue weighted by Gasteiger charge is -2.38. The van der Waals surface area contributed by atoms with E-state index in [-0.39, 0.29) is 0 Å². The number of nitrogens with zero attached hydrogens (tertiary/aromatic N) is 2. The van der Waals surface area contributed by atoms with Gasteiger partial charge in [0.05, 0.1) is 11.9 Å². The van der Waals surface area contributed by atoms with Gasteiger partial charge in [-0.3, -0.25) is 0 Å². The van der Waals surface area contributed by atoms with Gasteiger partial charge in [0.25, 0.3) is 0 Å². The van der Waals surface area contributed by atoms with E-state index >= 15 is 0 Å². The summed E-state index contributed by atoms with van der Waals surface area (Å²) in [7, 11) is 0. The standard InChI is InChI=1S/C12H16ClN3/c13-12-4-3-10(7-15-12)16-5-1-2-9-6-14-8-11(9)16/h3-4,7,9,11,14H,1-2,5-6,8H2. The van der Waals surface area contributed by atoms with Crippen LogP contribution in [0, 0.1) is 5.92 Å². The zero-order valence-electron chi connectivity index (χ0n) is 9.19. The minimum absolute atomic E-state index is 0.571. The van der Waals surface area contributed by atoms with Crippen LogP contribution in [-0.2, 0) is 0 Å². The molecule has 0 amide bonds. The highest BCUT2D eigenvalue weighted by atomic mass is 35.5. The van der Waals surface area contributed by atoms with Gasteiger partial charge in [-0.05, 0) is 30.9 Å². The molecule has 2 fully saturated rings. The van der Waals surface area contributed by atoms with Crippen LogP contribution in [0.25, 0.3) is 0 Å². The zero-order chi connectivity index (χ0) is 11.0. The van der Waals surface area contributed by atoms with Gasteiger partial charge in [0.2, 0.25) is 0 Å². The summed E-state index contributed by atoms with van der Waals surface area (Å²) in [4.78, 5) is 6.66. The average molecular weight is 238 g/mol. The highest BCUT2D eigenvalue weighted by molar-refractivity contribution is 6.29. The van der Waals surface area contributed by atoms with Crippen molar-refractivity contribution in [1.82, 2.24) is 10.3 Å². The van der Waals surface area contributed by atoms with Crippen LogP contribution >= 0.6 is 11.6 Å². The van der Waals surface area contributed by atoms with E-state index in [0.29, 0.717) is 11.2 Å². The first-order chi connectivity index (χ1) is 7.84. The molecule has 0 aliphatic carbocycles. The van der Waals surface area contributed by atoms with E-state index < -0.39 is 0 Å². The Balaban J connectivity index is 1.85. The zero-order valence-corrected chi connectivity index (χ0v) is 9.95. The molecule has 86 valence electrons. The topological polar surface area (TPSA) is 28.2 Å². The fraction of sp³-hybridized carbons (Fsp3) is 0.583. The van der Waals surface area contributed by atoms with Gasteiger partial charge in [-0.15, -0.1) is 0 Å². The highest BCUT2D eigenvalue weighted by Crippen LogP contribution is 2.30. The Kier molecular flexibility index (Phi) is 2.74. The smallest absolute Gasteiger partial charge is 0.129 e. The average Bonchev–Trinajstić information content (AvgIpc) is 2.78. The molecule has 3 nitrogen and oxygen atoms in total. The minimum atomic E-state index is 0.571. The van der Waals surface area contributed by atoms with E-state index in [1.165, 1.54) is 25.1 Å². The third kappa shape index (κ3) is 1.78. The Bertz CT molecular complexity index is 365. The maximum atomic E-state index is 5.82. The molecule has 2 unspecified atom stereocenters.